The molecule has 2 aromatic heterocycles. The first-order valence-electron chi connectivity index (χ1n) is 9.17. The average molecular weight is 440 g/mol. The summed E-state index contributed by atoms with van der Waals surface area (Å²) in [7, 11) is 1.64. The van der Waals surface area contributed by atoms with Crippen LogP contribution in [0, 0.1) is 12.7 Å². The molecule has 5 nitrogen and oxygen atoms in total. The molecule has 1 amide bonds. The van der Waals surface area contributed by atoms with Crippen molar-refractivity contribution < 1.29 is 9.18 Å². The first kappa shape index (κ1) is 20.3. The van der Waals surface area contributed by atoms with Crippen LogP contribution in [0.15, 0.2) is 64.5 Å². The summed E-state index contributed by atoms with van der Waals surface area (Å²) < 4.78 is 15.1. The number of thiophene rings is 1. The van der Waals surface area contributed by atoms with Gasteiger partial charge in [-0.2, -0.15) is 0 Å². The van der Waals surface area contributed by atoms with Crippen LogP contribution in [0.4, 0.5) is 10.1 Å². The fourth-order valence-electron chi connectivity index (χ4n) is 2.92. The van der Waals surface area contributed by atoms with E-state index >= 15 is 0 Å². The molecule has 0 fully saturated rings. The molecule has 1 N–H and O–H groups in total. The van der Waals surface area contributed by atoms with Gasteiger partial charge in [0, 0.05) is 17.6 Å². The number of aryl methyl sites for hydroxylation is 1. The van der Waals surface area contributed by atoms with Crippen molar-refractivity contribution in [3.05, 3.63) is 76.3 Å². The van der Waals surface area contributed by atoms with Crippen LogP contribution in [0.3, 0.4) is 0 Å². The Balaban J connectivity index is 1.54. The summed E-state index contributed by atoms with van der Waals surface area (Å²) in [5, 5.41) is 3.68. The Bertz CT molecular complexity index is 1300. The van der Waals surface area contributed by atoms with E-state index in [-0.39, 0.29) is 23.0 Å². The van der Waals surface area contributed by atoms with E-state index in [4.69, 9.17) is 0 Å². The van der Waals surface area contributed by atoms with Gasteiger partial charge in [-0.15, -0.1) is 11.3 Å². The highest BCUT2D eigenvalue weighted by molar-refractivity contribution is 7.99. The maximum Gasteiger partial charge on any atom is 0.262 e. The minimum Gasteiger partial charge on any atom is -0.325 e. The smallest absolute Gasteiger partial charge is 0.262 e. The number of nitrogens with zero attached hydrogens (tertiary/aromatic N) is 2. The Morgan fingerprint density at radius 3 is 2.70 bits per heavy atom. The van der Waals surface area contributed by atoms with Crippen LogP contribution in [-0.2, 0) is 11.8 Å². The summed E-state index contributed by atoms with van der Waals surface area (Å²) >= 11 is 2.62. The lowest BCUT2D eigenvalue weighted by atomic mass is 10.2. The van der Waals surface area contributed by atoms with Crippen LogP contribution in [0.2, 0.25) is 0 Å². The van der Waals surface area contributed by atoms with Gasteiger partial charge in [0.15, 0.2) is 5.16 Å². The molecule has 8 heteroatoms. The minimum absolute atomic E-state index is 0.0538. The fraction of sp³-hybridized carbons (Fsp3) is 0.136. The van der Waals surface area contributed by atoms with Gasteiger partial charge >= 0.3 is 0 Å². The summed E-state index contributed by atoms with van der Waals surface area (Å²) in [6, 6.07) is 16.2. The van der Waals surface area contributed by atoms with Crippen LogP contribution >= 0.6 is 23.1 Å². The molecule has 0 unspecified atom stereocenters. The van der Waals surface area contributed by atoms with Crippen LogP contribution in [-0.4, -0.2) is 21.2 Å². The number of anilines is 1. The largest absolute Gasteiger partial charge is 0.325 e. The summed E-state index contributed by atoms with van der Waals surface area (Å²) in [5.74, 6) is -0.617. The standard InChI is InChI=1S/C22H18FN3O2S2/c1-13-8-9-15(10-17(13)23)24-19(27)12-29-22-25-20-16(21(28)26(22)2)11-18(30-20)14-6-4-3-5-7-14/h3-11H,12H2,1-2H3,(H,24,27). The molecule has 0 bridgehead atoms. The number of hydrogen-bond donors (Lipinski definition) is 1. The number of carbonyl (C=O) groups is 1. The molecular weight excluding hydrogens is 421 g/mol. The van der Waals surface area contributed by atoms with Gasteiger partial charge in [-0.1, -0.05) is 48.2 Å². The van der Waals surface area contributed by atoms with Crippen LogP contribution in [0.5, 0.6) is 0 Å². The second-order valence-corrected chi connectivity index (χ2v) is 8.73. The normalized spacial score (nSPS) is 11.0. The third kappa shape index (κ3) is 4.15. The van der Waals surface area contributed by atoms with Crippen molar-refractivity contribution in [2.45, 2.75) is 12.1 Å². The molecule has 0 atom stereocenters. The van der Waals surface area contributed by atoms with Gasteiger partial charge in [-0.05, 0) is 36.2 Å². The van der Waals surface area contributed by atoms with Gasteiger partial charge in [-0.3, -0.25) is 14.2 Å². The molecule has 2 heterocycles. The van der Waals surface area contributed by atoms with Crippen LogP contribution < -0.4 is 10.9 Å². The van der Waals surface area contributed by atoms with E-state index in [1.54, 1.807) is 26.1 Å². The van der Waals surface area contributed by atoms with E-state index in [9.17, 15) is 14.0 Å². The molecule has 2 aromatic carbocycles. The van der Waals surface area contributed by atoms with E-state index in [1.807, 2.05) is 36.4 Å². The Labute approximate surface area is 180 Å². The van der Waals surface area contributed by atoms with Crippen LogP contribution in [0.1, 0.15) is 5.56 Å². The number of fused-ring (bicyclic) bond motifs is 1. The monoisotopic (exact) mass is 439 g/mol. The predicted molar refractivity (Wildman–Crippen MR) is 121 cm³/mol. The highest BCUT2D eigenvalue weighted by Gasteiger charge is 2.15. The minimum atomic E-state index is -0.373. The van der Waals surface area contributed by atoms with Gasteiger partial charge in [0.05, 0.1) is 11.1 Å². The van der Waals surface area contributed by atoms with Gasteiger partial charge in [0.2, 0.25) is 5.91 Å². The summed E-state index contributed by atoms with van der Waals surface area (Å²) in [4.78, 5) is 31.2. The van der Waals surface area contributed by atoms with Gasteiger partial charge < -0.3 is 5.32 Å². The van der Waals surface area contributed by atoms with E-state index in [1.165, 1.54) is 33.7 Å². The molecule has 30 heavy (non-hydrogen) atoms. The maximum atomic E-state index is 13.6. The second-order valence-electron chi connectivity index (χ2n) is 6.75. The molecule has 152 valence electrons. The number of aromatic nitrogens is 2. The highest BCUT2D eigenvalue weighted by Crippen LogP contribution is 2.31. The zero-order valence-electron chi connectivity index (χ0n) is 16.3. The number of thioether (sulfide) groups is 1. The number of carbonyl (C=O) groups excluding carboxylic acids is 1. The maximum absolute atomic E-state index is 13.6. The molecule has 0 radical (unpaired) electrons. The lowest BCUT2D eigenvalue weighted by Gasteiger charge is -2.08. The molecule has 0 saturated heterocycles. The van der Waals surface area contributed by atoms with Crippen molar-refractivity contribution in [2.24, 2.45) is 7.05 Å². The van der Waals surface area contributed by atoms with Crippen molar-refractivity contribution in [3.8, 4) is 10.4 Å². The SMILES string of the molecule is Cc1ccc(NC(=O)CSc2nc3sc(-c4ccccc4)cc3c(=O)n2C)cc1F. The zero-order valence-corrected chi connectivity index (χ0v) is 17.9. The molecule has 0 spiro atoms. The highest BCUT2D eigenvalue weighted by atomic mass is 32.2. The van der Waals surface area contributed by atoms with Crippen LogP contribution in [0.25, 0.3) is 20.7 Å². The number of benzene rings is 2. The lowest BCUT2D eigenvalue weighted by molar-refractivity contribution is -0.113. The van der Waals surface area contributed by atoms with E-state index < -0.39 is 0 Å². The quantitative estimate of drug-likeness (QED) is 0.357. The average Bonchev–Trinajstić information content (AvgIpc) is 3.17. The lowest BCUT2D eigenvalue weighted by Crippen LogP contribution is -2.20. The van der Waals surface area contributed by atoms with E-state index in [2.05, 4.69) is 10.3 Å². The van der Waals surface area contributed by atoms with Crippen molar-refractivity contribution in [3.63, 3.8) is 0 Å². The van der Waals surface area contributed by atoms with Crippen molar-refractivity contribution in [1.29, 1.82) is 0 Å². The molecule has 4 aromatic rings. The van der Waals surface area contributed by atoms with E-state index in [0.29, 0.717) is 26.6 Å². The fourth-order valence-corrected chi connectivity index (χ4v) is 4.77. The molecule has 0 aliphatic carbocycles. The number of nitrogens with one attached hydrogen (secondary N) is 1. The number of hydrogen-bond acceptors (Lipinski definition) is 5. The molecule has 0 saturated carbocycles. The summed E-state index contributed by atoms with van der Waals surface area (Å²) in [6.45, 7) is 1.66. The van der Waals surface area contributed by atoms with Crippen molar-refractivity contribution in [2.75, 3.05) is 11.1 Å². The Kier molecular flexibility index (Phi) is 5.69. The predicted octanol–water partition coefficient (Wildman–Crippen LogP) is 4.84. The first-order valence-corrected chi connectivity index (χ1v) is 11.0. The molecular formula is C22H18FN3O2S2. The molecule has 4 rings (SSSR count). The van der Waals surface area contributed by atoms with E-state index in [0.717, 1.165) is 10.4 Å². The Morgan fingerprint density at radius 2 is 1.97 bits per heavy atom. The third-order valence-corrected chi connectivity index (χ3v) is 6.69. The first-order chi connectivity index (χ1) is 14.4. The number of rotatable bonds is 5. The van der Waals surface area contributed by atoms with Gasteiger partial charge in [-0.25, -0.2) is 9.37 Å². The van der Waals surface area contributed by atoms with Crippen molar-refractivity contribution >= 4 is 44.9 Å². The Morgan fingerprint density at radius 1 is 1.20 bits per heavy atom. The second kappa shape index (κ2) is 8.41. The topological polar surface area (TPSA) is 64.0 Å². The number of halogens is 1. The zero-order chi connectivity index (χ0) is 21.3. The molecule has 0 aliphatic rings. The van der Waals surface area contributed by atoms with Gasteiger partial charge in [0.25, 0.3) is 5.56 Å². The summed E-state index contributed by atoms with van der Waals surface area (Å²) in [6.07, 6.45) is 0. The number of amides is 1. The molecule has 0 aliphatic heterocycles. The third-order valence-electron chi connectivity index (χ3n) is 4.58. The van der Waals surface area contributed by atoms with Gasteiger partial charge in [0.1, 0.15) is 10.6 Å². The Hall–Kier alpha value is -2.97. The van der Waals surface area contributed by atoms with Crippen molar-refractivity contribution in [1.82, 2.24) is 9.55 Å². The summed E-state index contributed by atoms with van der Waals surface area (Å²) in [5.41, 5.74) is 1.79.